The second kappa shape index (κ2) is 4.83. The zero-order chi connectivity index (χ0) is 13.1. The van der Waals surface area contributed by atoms with Crippen molar-refractivity contribution in [3.63, 3.8) is 0 Å². The maximum atomic E-state index is 10.7. The van der Waals surface area contributed by atoms with Crippen LogP contribution in [-0.4, -0.2) is 26.3 Å². The molecule has 1 aromatic carbocycles. The molecule has 0 amide bonds. The van der Waals surface area contributed by atoms with Crippen LogP contribution >= 0.6 is 0 Å². The summed E-state index contributed by atoms with van der Waals surface area (Å²) in [6.07, 6.45) is 0.503. The summed E-state index contributed by atoms with van der Waals surface area (Å²) in [4.78, 5) is 14.6. The van der Waals surface area contributed by atoms with Gasteiger partial charge in [0.1, 0.15) is 5.82 Å². The summed E-state index contributed by atoms with van der Waals surface area (Å²) >= 11 is 0. The summed E-state index contributed by atoms with van der Waals surface area (Å²) in [6, 6.07) is 7.81. The third-order valence-corrected chi connectivity index (χ3v) is 2.56. The Kier molecular flexibility index (Phi) is 3.23. The molecule has 0 aliphatic heterocycles. The molecule has 0 fully saturated rings. The highest BCUT2D eigenvalue weighted by molar-refractivity contribution is 5.82. The third-order valence-electron chi connectivity index (χ3n) is 2.56. The van der Waals surface area contributed by atoms with E-state index in [0.717, 1.165) is 16.7 Å². The fourth-order valence-corrected chi connectivity index (χ4v) is 1.74. The van der Waals surface area contributed by atoms with Crippen LogP contribution in [0.2, 0.25) is 0 Å². The van der Waals surface area contributed by atoms with Gasteiger partial charge in [-0.25, -0.2) is 9.78 Å². The molecule has 0 saturated heterocycles. The van der Waals surface area contributed by atoms with Crippen LogP contribution in [0.1, 0.15) is 34.5 Å². The predicted octanol–water partition coefficient (Wildman–Crippen LogP) is 2.13. The average Bonchev–Trinajstić information content (AvgIpc) is 2.78. The van der Waals surface area contributed by atoms with E-state index in [2.05, 4.69) is 21.8 Å². The van der Waals surface area contributed by atoms with E-state index in [0.29, 0.717) is 12.2 Å². The topological polar surface area (TPSA) is 78.9 Å². The van der Waals surface area contributed by atoms with Gasteiger partial charge in [0.25, 0.3) is 5.82 Å². The second-order valence-electron chi connectivity index (χ2n) is 4.03. The van der Waals surface area contributed by atoms with Crippen LogP contribution in [0.4, 0.5) is 0 Å². The van der Waals surface area contributed by atoms with Gasteiger partial charge in [-0.2, -0.15) is 0 Å². The van der Waals surface area contributed by atoms with Gasteiger partial charge in [0.05, 0.1) is 0 Å². The number of H-pyrrole nitrogens is 1. The number of carboxylic acids is 1. The molecule has 18 heavy (non-hydrogen) atoms. The Hall–Kier alpha value is -2.43. The number of aromatic amines is 1. The number of benzene rings is 1. The molecule has 5 heteroatoms. The van der Waals surface area contributed by atoms with Crippen LogP contribution < -0.4 is 0 Å². The largest absolute Gasteiger partial charge is 0.475 e. The lowest BCUT2D eigenvalue weighted by Crippen LogP contribution is -1.99. The van der Waals surface area contributed by atoms with E-state index in [-0.39, 0.29) is 5.82 Å². The Morgan fingerprint density at radius 2 is 2.17 bits per heavy atom. The van der Waals surface area contributed by atoms with E-state index in [1.807, 2.05) is 31.2 Å². The number of carbonyl (C=O) groups is 1. The highest BCUT2D eigenvalue weighted by Gasteiger charge is 2.11. The smallest absolute Gasteiger partial charge is 0.375 e. The van der Waals surface area contributed by atoms with Gasteiger partial charge >= 0.3 is 5.97 Å². The fraction of sp³-hybridized carbons (Fsp3) is 0.154. The standard InChI is InChI=1S/C13H13N3O2/c1-8(2)10-6-4-3-5-9(10)7-11-14-12(13(17)18)16-15-11/h3-6H,1,7H2,2H3,(H,17,18)(H,14,15,16). The van der Waals surface area contributed by atoms with Crippen molar-refractivity contribution in [3.8, 4) is 0 Å². The minimum atomic E-state index is -1.13. The molecule has 0 radical (unpaired) electrons. The summed E-state index contributed by atoms with van der Waals surface area (Å²) in [5.41, 5.74) is 3.05. The van der Waals surface area contributed by atoms with Gasteiger partial charge in [0.15, 0.2) is 0 Å². The molecule has 0 bridgehead atoms. The average molecular weight is 243 g/mol. The van der Waals surface area contributed by atoms with Crippen molar-refractivity contribution in [2.75, 3.05) is 0 Å². The molecule has 1 aromatic heterocycles. The summed E-state index contributed by atoms with van der Waals surface area (Å²) in [5.74, 6) is -0.815. The Bertz CT molecular complexity index is 602. The number of aromatic carboxylic acids is 1. The number of rotatable bonds is 4. The molecule has 2 N–H and O–H groups in total. The maximum Gasteiger partial charge on any atom is 0.375 e. The van der Waals surface area contributed by atoms with Crippen molar-refractivity contribution < 1.29 is 9.90 Å². The third kappa shape index (κ3) is 2.45. The number of hydrogen-bond donors (Lipinski definition) is 2. The molecular formula is C13H13N3O2. The molecule has 0 aliphatic rings. The molecule has 0 atom stereocenters. The van der Waals surface area contributed by atoms with Gasteiger partial charge in [0, 0.05) is 6.42 Å². The first-order valence-corrected chi connectivity index (χ1v) is 5.46. The highest BCUT2D eigenvalue weighted by Crippen LogP contribution is 2.19. The number of hydrogen-bond acceptors (Lipinski definition) is 3. The van der Waals surface area contributed by atoms with Crippen LogP contribution in [0.5, 0.6) is 0 Å². The van der Waals surface area contributed by atoms with Crippen LogP contribution in [0, 0.1) is 0 Å². The van der Waals surface area contributed by atoms with Gasteiger partial charge in [-0.05, 0) is 18.1 Å². The Morgan fingerprint density at radius 1 is 1.44 bits per heavy atom. The minimum absolute atomic E-state index is 0.210. The van der Waals surface area contributed by atoms with E-state index < -0.39 is 5.97 Å². The molecule has 0 saturated carbocycles. The lowest BCUT2D eigenvalue weighted by atomic mass is 9.99. The monoisotopic (exact) mass is 243 g/mol. The zero-order valence-electron chi connectivity index (χ0n) is 9.97. The number of aromatic nitrogens is 3. The number of carboxylic acid groups (broad SMARTS) is 1. The van der Waals surface area contributed by atoms with Crippen molar-refractivity contribution >= 4 is 11.5 Å². The summed E-state index contributed by atoms with van der Waals surface area (Å²) in [5, 5.41) is 15.0. The normalized spacial score (nSPS) is 10.3. The summed E-state index contributed by atoms with van der Waals surface area (Å²) in [7, 11) is 0. The van der Waals surface area contributed by atoms with E-state index in [9.17, 15) is 4.79 Å². The number of allylic oxidation sites excluding steroid dienone is 1. The number of nitrogens with one attached hydrogen (secondary N) is 1. The minimum Gasteiger partial charge on any atom is -0.475 e. The predicted molar refractivity (Wildman–Crippen MR) is 67.3 cm³/mol. The van der Waals surface area contributed by atoms with Crippen molar-refractivity contribution in [1.29, 1.82) is 0 Å². The van der Waals surface area contributed by atoms with E-state index in [4.69, 9.17) is 5.11 Å². The quantitative estimate of drug-likeness (QED) is 0.862. The van der Waals surface area contributed by atoms with Crippen molar-refractivity contribution in [1.82, 2.24) is 15.2 Å². The van der Waals surface area contributed by atoms with Crippen molar-refractivity contribution in [2.45, 2.75) is 13.3 Å². The molecular weight excluding hydrogens is 230 g/mol. The zero-order valence-corrected chi connectivity index (χ0v) is 9.97. The summed E-state index contributed by atoms with van der Waals surface area (Å²) < 4.78 is 0. The van der Waals surface area contributed by atoms with E-state index >= 15 is 0 Å². The molecule has 92 valence electrons. The first-order valence-electron chi connectivity index (χ1n) is 5.46. The first kappa shape index (κ1) is 12.0. The Morgan fingerprint density at radius 3 is 2.78 bits per heavy atom. The SMILES string of the molecule is C=C(C)c1ccccc1Cc1nc(C(=O)O)n[nH]1. The molecule has 5 nitrogen and oxygen atoms in total. The van der Waals surface area contributed by atoms with Gasteiger partial charge < -0.3 is 5.11 Å². The Labute approximate surface area is 104 Å². The molecule has 2 rings (SSSR count). The lowest BCUT2D eigenvalue weighted by Gasteiger charge is -2.06. The van der Waals surface area contributed by atoms with Crippen LogP contribution in [0.3, 0.4) is 0 Å². The molecule has 0 unspecified atom stereocenters. The lowest BCUT2D eigenvalue weighted by molar-refractivity contribution is 0.0684. The molecule has 1 heterocycles. The van der Waals surface area contributed by atoms with Crippen molar-refractivity contribution in [3.05, 3.63) is 53.6 Å². The van der Waals surface area contributed by atoms with Crippen LogP contribution in [-0.2, 0) is 6.42 Å². The summed E-state index contributed by atoms with van der Waals surface area (Å²) in [6.45, 7) is 5.85. The number of nitrogens with zero attached hydrogens (tertiary/aromatic N) is 2. The molecule has 0 spiro atoms. The molecule has 0 aliphatic carbocycles. The van der Waals surface area contributed by atoms with Crippen LogP contribution in [0.25, 0.3) is 5.57 Å². The van der Waals surface area contributed by atoms with Gasteiger partial charge in [-0.1, -0.05) is 36.4 Å². The molecule has 2 aromatic rings. The van der Waals surface area contributed by atoms with E-state index in [1.54, 1.807) is 0 Å². The fourth-order valence-electron chi connectivity index (χ4n) is 1.74. The first-order chi connectivity index (χ1) is 8.58. The van der Waals surface area contributed by atoms with Gasteiger partial charge in [0.2, 0.25) is 0 Å². The van der Waals surface area contributed by atoms with Crippen LogP contribution in [0.15, 0.2) is 30.8 Å². The Balaban J connectivity index is 2.28. The highest BCUT2D eigenvalue weighted by atomic mass is 16.4. The van der Waals surface area contributed by atoms with Gasteiger partial charge in [-0.15, -0.1) is 5.10 Å². The van der Waals surface area contributed by atoms with Gasteiger partial charge in [-0.3, -0.25) is 5.10 Å². The van der Waals surface area contributed by atoms with Crippen molar-refractivity contribution in [2.24, 2.45) is 0 Å². The van der Waals surface area contributed by atoms with E-state index in [1.165, 1.54) is 0 Å². The second-order valence-corrected chi connectivity index (χ2v) is 4.03. The maximum absolute atomic E-state index is 10.7.